The number of hydrogen-bond acceptors (Lipinski definition) is 6. The molecule has 0 bridgehead atoms. The Kier molecular flexibility index (Phi) is 6.02. The zero-order valence-electron chi connectivity index (χ0n) is 18.1. The Labute approximate surface area is 202 Å². The fraction of sp³-hybridized carbons (Fsp3) is 0.160. The van der Waals surface area contributed by atoms with Gasteiger partial charge in [-0.15, -0.1) is 0 Å². The Morgan fingerprint density at radius 3 is 2.24 bits per heavy atom. The number of oxazole rings is 1. The minimum atomic E-state index is -3.99. The van der Waals surface area contributed by atoms with E-state index < -0.39 is 15.7 Å². The van der Waals surface area contributed by atoms with Gasteiger partial charge in [-0.1, -0.05) is 48.0 Å². The van der Waals surface area contributed by atoms with Gasteiger partial charge in [0, 0.05) is 36.9 Å². The number of nitrogens with zero attached hydrogens (tertiary/aromatic N) is 3. The second-order valence-electron chi connectivity index (χ2n) is 7.88. The molecule has 34 heavy (non-hydrogen) atoms. The number of sulfone groups is 1. The first-order chi connectivity index (χ1) is 16.4. The Balaban J connectivity index is 1.52. The maximum atomic E-state index is 14.5. The van der Waals surface area contributed by atoms with Crippen LogP contribution in [-0.2, 0) is 9.84 Å². The van der Waals surface area contributed by atoms with Crippen LogP contribution in [0, 0.1) is 5.82 Å². The van der Waals surface area contributed by atoms with Gasteiger partial charge in [0.05, 0.1) is 10.5 Å². The first kappa shape index (κ1) is 22.4. The Bertz CT molecular complexity index is 1420. The van der Waals surface area contributed by atoms with Crippen LogP contribution in [0.25, 0.3) is 11.5 Å². The first-order valence-electron chi connectivity index (χ1n) is 10.7. The summed E-state index contributed by atoms with van der Waals surface area (Å²) in [5.41, 5.74) is 1.10. The van der Waals surface area contributed by atoms with Crippen LogP contribution in [0.3, 0.4) is 0 Å². The molecule has 3 aromatic carbocycles. The van der Waals surface area contributed by atoms with Crippen LogP contribution < -0.4 is 9.80 Å². The number of piperazine rings is 1. The van der Waals surface area contributed by atoms with E-state index in [1.807, 2.05) is 29.2 Å². The van der Waals surface area contributed by atoms with E-state index in [9.17, 15) is 12.8 Å². The number of benzene rings is 3. The third-order valence-corrected chi connectivity index (χ3v) is 7.63. The van der Waals surface area contributed by atoms with Crippen LogP contribution in [0.5, 0.6) is 0 Å². The van der Waals surface area contributed by atoms with Crippen molar-refractivity contribution < 1.29 is 17.2 Å². The lowest BCUT2D eigenvalue weighted by Crippen LogP contribution is -2.46. The minimum Gasteiger partial charge on any atom is -0.419 e. The number of aromatic nitrogens is 1. The third-order valence-electron chi connectivity index (χ3n) is 5.73. The van der Waals surface area contributed by atoms with Crippen LogP contribution in [0.2, 0.25) is 5.02 Å². The van der Waals surface area contributed by atoms with E-state index in [-0.39, 0.29) is 27.3 Å². The summed E-state index contributed by atoms with van der Waals surface area (Å²) in [7, 11) is -3.99. The van der Waals surface area contributed by atoms with E-state index in [4.69, 9.17) is 16.0 Å². The van der Waals surface area contributed by atoms with Gasteiger partial charge in [-0.2, -0.15) is 4.98 Å². The molecule has 6 nitrogen and oxygen atoms in total. The van der Waals surface area contributed by atoms with Crippen molar-refractivity contribution in [1.29, 1.82) is 0 Å². The van der Waals surface area contributed by atoms with Crippen LogP contribution in [-0.4, -0.2) is 39.6 Å². The summed E-state index contributed by atoms with van der Waals surface area (Å²) in [6.45, 7) is 2.24. The van der Waals surface area contributed by atoms with Gasteiger partial charge in [0.1, 0.15) is 5.82 Å². The average Bonchev–Trinajstić information content (AvgIpc) is 3.31. The van der Waals surface area contributed by atoms with Gasteiger partial charge < -0.3 is 14.2 Å². The van der Waals surface area contributed by atoms with Crippen LogP contribution in [0.4, 0.5) is 16.0 Å². The summed E-state index contributed by atoms with van der Waals surface area (Å²) in [5, 5.41) is 0.439. The van der Waals surface area contributed by atoms with E-state index in [2.05, 4.69) is 9.88 Å². The van der Waals surface area contributed by atoms with Gasteiger partial charge in [-0.3, -0.25) is 0 Å². The molecule has 0 atom stereocenters. The standard InChI is InChI=1S/C25H21ClFN3O3S/c26-18-7-6-8-19(17-18)29-13-15-30(16-14-29)25-24(34(31,32)20-9-2-1-3-10-20)28-23(33-25)21-11-4-5-12-22(21)27/h1-12,17H,13-16H2. The normalized spacial score (nSPS) is 14.4. The van der Waals surface area contributed by atoms with Gasteiger partial charge in [-0.25, -0.2) is 12.8 Å². The monoisotopic (exact) mass is 497 g/mol. The smallest absolute Gasteiger partial charge is 0.236 e. The lowest BCUT2D eigenvalue weighted by atomic mass is 10.2. The second kappa shape index (κ2) is 9.12. The summed E-state index contributed by atoms with van der Waals surface area (Å²) in [4.78, 5) is 8.40. The highest BCUT2D eigenvalue weighted by atomic mass is 35.5. The first-order valence-corrected chi connectivity index (χ1v) is 12.6. The van der Waals surface area contributed by atoms with Gasteiger partial charge in [0.25, 0.3) is 0 Å². The van der Waals surface area contributed by atoms with Crippen molar-refractivity contribution >= 4 is 33.0 Å². The summed E-state index contributed by atoms with van der Waals surface area (Å²) >= 11 is 6.13. The lowest BCUT2D eigenvalue weighted by Gasteiger charge is -2.36. The lowest BCUT2D eigenvalue weighted by molar-refractivity contribution is 0.521. The molecule has 5 rings (SSSR count). The fourth-order valence-electron chi connectivity index (χ4n) is 3.97. The molecule has 1 aliphatic heterocycles. The maximum Gasteiger partial charge on any atom is 0.236 e. The predicted octanol–water partition coefficient (Wildman–Crippen LogP) is 5.29. The second-order valence-corrected chi connectivity index (χ2v) is 10.2. The Morgan fingerprint density at radius 2 is 1.53 bits per heavy atom. The van der Waals surface area contributed by atoms with E-state index in [0.717, 1.165) is 5.69 Å². The molecule has 0 saturated carbocycles. The van der Waals surface area contributed by atoms with Gasteiger partial charge in [-0.05, 0) is 42.5 Å². The molecule has 0 radical (unpaired) electrons. The Hall–Kier alpha value is -3.36. The minimum absolute atomic E-state index is 0.0696. The molecule has 9 heteroatoms. The average molecular weight is 498 g/mol. The van der Waals surface area contributed by atoms with Crippen LogP contribution in [0.15, 0.2) is 93.2 Å². The molecular weight excluding hydrogens is 477 g/mol. The topological polar surface area (TPSA) is 66.7 Å². The molecule has 174 valence electrons. The van der Waals surface area contributed by atoms with Crippen molar-refractivity contribution in [3.8, 4) is 11.5 Å². The Morgan fingerprint density at radius 1 is 0.853 bits per heavy atom. The summed E-state index contributed by atoms with van der Waals surface area (Å²) in [6, 6.07) is 21.6. The highest BCUT2D eigenvalue weighted by Crippen LogP contribution is 2.36. The third kappa shape index (κ3) is 4.26. The van der Waals surface area contributed by atoms with E-state index >= 15 is 0 Å². The fourth-order valence-corrected chi connectivity index (χ4v) is 5.50. The molecule has 2 heterocycles. The van der Waals surface area contributed by atoms with E-state index in [0.29, 0.717) is 31.2 Å². The molecule has 0 spiro atoms. The summed E-state index contributed by atoms with van der Waals surface area (Å²) in [6.07, 6.45) is 0. The van der Waals surface area contributed by atoms with Crippen molar-refractivity contribution in [1.82, 2.24) is 4.98 Å². The van der Waals surface area contributed by atoms with Crippen LogP contribution in [0.1, 0.15) is 0 Å². The van der Waals surface area contributed by atoms with Crippen molar-refractivity contribution in [2.45, 2.75) is 9.92 Å². The SMILES string of the molecule is O=S(=O)(c1ccccc1)c1nc(-c2ccccc2F)oc1N1CCN(c2cccc(Cl)c2)CC1. The number of anilines is 2. The predicted molar refractivity (Wildman–Crippen MR) is 130 cm³/mol. The van der Waals surface area contributed by atoms with Crippen molar-refractivity contribution in [2.75, 3.05) is 36.0 Å². The molecule has 4 aromatic rings. The number of hydrogen-bond donors (Lipinski definition) is 0. The van der Waals surface area contributed by atoms with E-state index in [1.165, 1.54) is 24.3 Å². The molecule has 0 N–H and O–H groups in total. The van der Waals surface area contributed by atoms with Crippen LogP contribution >= 0.6 is 11.6 Å². The largest absolute Gasteiger partial charge is 0.419 e. The quantitative estimate of drug-likeness (QED) is 0.373. The zero-order chi connectivity index (χ0) is 23.7. The van der Waals surface area contributed by atoms with Crippen molar-refractivity contribution in [2.24, 2.45) is 0 Å². The summed E-state index contributed by atoms with van der Waals surface area (Å²) in [5.74, 6) is -0.488. The summed E-state index contributed by atoms with van der Waals surface area (Å²) < 4.78 is 47.4. The highest BCUT2D eigenvalue weighted by molar-refractivity contribution is 7.91. The maximum absolute atomic E-state index is 14.5. The van der Waals surface area contributed by atoms with E-state index in [1.54, 1.807) is 30.3 Å². The molecular formula is C25H21ClFN3O3S. The number of halogens is 2. The van der Waals surface area contributed by atoms with Gasteiger partial charge in [0.2, 0.25) is 26.6 Å². The highest BCUT2D eigenvalue weighted by Gasteiger charge is 2.33. The molecule has 0 unspecified atom stereocenters. The van der Waals surface area contributed by atoms with Gasteiger partial charge >= 0.3 is 0 Å². The molecule has 1 saturated heterocycles. The van der Waals surface area contributed by atoms with Crippen molar-refractivity contribution in [3.63, 3.8) is 0 Å². The molecule has 0 aliphatic carbocycles. The molecule has 1 fully saturated rings. The number of rotatable bonds is 5. The van der Waals surface area contributed by atoms with Gasteiger partial charge in [0.15, 0.2) is 0 Å². The molecule has 1 aliphatic rings. The molecule has 1 aromatic heterocycles. The molecule has 0 amide bonds. The zero-order valence-corrected chi connectivity index (χ0v) is 19.6. The van der Waals surface area contributed by atoms with Crippen molar-refractivity contribution in [3.05, 3.63) is 89.7 Å².